The molecule has 1 aromatic heterocycles. The molecule has 5 heteroatoms. The van der Waals surface area contributed by atoms with Crippen LogP contribution >= 0.6 is 11.3 Å². The molecule has 1 aliphatic rings. The second-order valence-corrected chi connectivity index (χ2v) is 7.34. The molecular formula is C19H22FNO2S. The predicted molar refractivity (Wildman–Crippen MR) is 93.7 cm³/mol. The van der Waals surface area contributed by atoms with Crippen LogP contribution in [-0.4, -0.2) is 24.2 Å². The van der Waals surface area contributed by atoms with E-state index in [1.165, 1.54) is 17.0 Å². The maximum atomic E-state index is 13.1. The van der Waals surface area contributed by atoms with Gasteiger partial charge in [0, 0.05) is 18.0 Å². The maximum Gasteiger partial charge on any atom is 0.230 e. The number of thiophene rings is 1. The van der Waals surface area contributed by atoms with Crippen LogP contribution < -0.4 is 5.32 Å². The smallest absolute Gasteiger partial charge is 0.230 e. The fourth-order valence-electron chi connectivity index (χ4n) is 3.18. The van der Waals surface area contributed by atoms with Crippen LogP contribution in [0, 0.1) is 5.82 Å². The first-order chi connectivity index (χ1) is 11.7. The van der Waals surface area contributed by atoms with Gasteiger partial charge in [-0.05, 0) is 60.7 Å². The van der Waals surface area contributed by atoms with E-state index in [0.717, 1.165) is 24.8 Å². The minimum atomic E-state index is -0.469. The summed E-state index contributed by atoms with van der Waals surface area (Å²) in [6.45, 7) is 0.736. The lowest BCUT2D eigenvalue weighted by molar-refractivity contribution is -0.123. The zero-order valence-electron chi connectivity index (χ0n) is 13.5. The molecule has 0 aliphatic heterocycles. The van der Waals surface area contributed by atoms with Crippen LogP contribution in [0.1, 0.15) is 42.0 Å². The molecule has 2 N–H and O–H groups in total. The second kappa shape index (κ2) is 7.45. The van der Waals surface area contributed by atoms with Gasteiger partial charge in [-0.2, -0.15) is 0 Å². The molecule has 0 spiro atoms. The fourth-order valence-corrected chi connectivity index (χ4v) is 4.08. The molecule has 1 fully saturated rings. The lowest BCUT2D eigenvalue weighted by Gasteiger charge is -2.18. The van der Waals surface area contributed by atoms with Crippen molar-refractivity contribution in [3.05, 3.63) is 58.0 Å². The zero-order chi connectivity index (χ0) is 17.0. The number of aliphatic hydroxyl groups is 1. The average Bonchev–Trinajstić information content (AvgIpc) is 3.21. The molecule has 1 aliphatic carbocycles. The van der Waals surface area contributed by atoms with E-state index in [9.17, 15) is 14.3 Å². The van der Waals surface area contributed by atoms with Crippen molar-refractivity contribution in [1.82, 2.24) is 5.32 Å². The summed E-state index contributed by atoms with van der Waals surface area (Å²) in [5.41, 5.74) is 0.426. The Hall–Kier alpha value is -1.72. The Kier molecular flexibility index (Phi) is 5.31. The minimum Gasteiger partial charge on any atom is -0.396 e. The number of hydrogen-bond donors (Lipinski definition) is 2. The van der Waals surface area contributed by atoms with Gasteiger partial charge < -0.3 is 10.4 Å². The monoisotopic (exact) mass is 347 g/mol. The third-order valence-corrected chi connectivity index (χ3v) is 5.82. The standard InChI is InChI=1S/C19H22FNO2S/c20-16-5-3-15(4-6-16)19(9-10-19)18(23)21-11-7-14(8-12-22)17-2-1-13-24-17/h1-6,13-14,22H,7-12H2,(H,21,23). The number of benzene rings is 1. The van der Waals surface area contributed by atoms with E-state index in [4.69, 9.17) is 0 Å². The van der Waals surface area contributed by atoms with Crippen molar-refractivity contribution < 1.29 is 14.3 Å². The van der Waals surface area contributed by atoms with E-state index in [0.29, 0.717) is 13.0 Å². The van der Waals surface area contributed by atoms with E-state index in [1.807, 2.05) is 11.4 Å². The third-order valence-electron chi connectivity index (χ3n) is 4.78. The van der Waals surface area contributed by atoms with Crippen LogP contribution in [0.3, 0.4) is 0 Å². The summed E-state index contributed by atoms with van der Waals surface area (Å²) in [5, 5.41) is 14.3. The van der Waals surface area contributed by atoms with Gasteiger partial charge in [0.05, 0.1) is 5.41 Å². The molecule has 3 nitrogen and oxygen atoms in total. The number of hydrogen-bond acceptors (Lipinski definition) is 3. The van der Waals surface area contributed by atoms with E-state index >= 15 is 0 Å². The quantitative estimate of drug-likeness (QED) is 0.767. The number of carbonyl (C=O) groups excluding carboxylic acids is 1. The van der Waals surface area contributed by atoms with Gasteiger partial charge in [0.15, 0.2) is 0 Å². The maximum absolute atomic E-state index is 13.1. The van der Waals surface area contributed by atoms with Gasteiger partial charge in [0.25, 0.3) is 0 Å². The topological polar surface area (TPSA) is 49.3 Å². The second-order valence-electron chi connectivity index (χ2n) is 6.36. The Bertz CT molecular complexity index is 665. The van der Waals surface area contributed by atoms with Crippen LogP contribution in [0.25, 0.3) is 0 Å². The molecule has 2 aromatic rings. The number of carbonyl (C=O) groups is 1. The van der Waals surface area contributed by atoms with Crippen LogP contribution in [-0.2, 0) is 10.2 Å². The molecule has 0 saturated heterocycles. The normalized spacial score (nSPS) is 16.6. The first-order valence-electron chi connectivity index (χ1n) is 8.34. The highest BCUT2D eigenvalue weighted by molar-refractivity contribution is 7.10. The molecule has 128 valence electrons. The molecule has 1 heterocycles. The molecular weight excluding hydrogens is 325 g/mol. The summed E-state index contributed by atoms with van der Waals surface area (Å²) in [5.74, 6) is 0.0251. The summed E-state index contributed by atoms with van der Waals surface area (Å²) < 4.78 is 13.1. The summed E-state index contributed by atoms with van der Waals surface area (Å²) in [6, 6.07) is 10.3. The fraction of sp³-hybridized carbons (Fsp3) is 0.421. The third kappa shape index (κ3) is 3.68. The summed E-state index contributed by atoms with van der Waals surface area (Å²) >= 11 is 1.69. The Labute approximate surface area is 145 Å². The number of halogens is 1. The Balaban J connectivity index is 1.56. The van der Waals surface area contributed by atoms with Crippen molar-refractivity contribution in [2.45, 2.75) is 37.0 Å². The van der Waals surface area contributed by atoms with Crippen LogP contribution in [0.2, 0.25) is 0 Å². The van der Waals surface area contributed by atoms with E-state index < -0.39 is 5.41 Å². The van der Waals surface area contributed by atoms with Gasteiger partial charge in [0.2, 0.25) is 5.91 Å². The van der Waals surface area contributed by atoms with E-state index in [2.05, 4.69) is 11.4 Å². The lowest BCUT2D eigenvalue weighted by Crippen LogP contribution is -2.35. The highest BCUT2D eigenvalue weighted by atomic mass is 32.1. The molecule has 0 bridgehead atoms. The van der Waals surface area contributed by atoms with Crippen LogP contribution in [0.15, 0.2) is 41.8 Å². The molecule has 0 radical (unpaired) electrons. The van der Waals surface area contributed by atoms with Crippen molar-refractivity contribution in [2.75, 3.05) is 13.2 Å². The van der Waals surface area contributed by atoms with Gasteiger partial charge in [0.1, 0.15) is 5.82 Å². The summed E-state index contributed by atoms with van der Waals surface area (Å²) in [7, 11) is 0. The molecule has 1 amide bonds. The van der Waals surface area contributed by atoms with Gasteiger partial charge in [-0.15, -0.1) is 11.3 Å². The van der Waals surface area contributed by atoms with Gasteiger partial charge in [-0.3, -0.25) is 4.79 Å². The summed E-state index contributed by atoms with van der Waals surface area (Å²) in [6.07, 6.45) is 3.15. The molecule has 3 rings (SSSR count). The number of rotatable bonds is 8. The zero-order valence-corrected chi connectivity index (χ0v) is 14.3. The van der Waals surface area contributed by atoms with Crippen molar-refractivity contribution in [2.24, 2.45) is 0 Å². The lowest BCUT2D eigenvalue weighted by atomic mass is 9.94. The number of amides is 1. The Morgan fingerprint density at radius 3 is 2.58 bits per heavy atom. The Morgan fingerprint density at radius 2 is 2.00 bits per heavy atom. The van der Waals surface area contributed by atoms with Crippen molar-refractivity contribution in [3.63, 3.8) is 0 Å². The van der Waals surface area contributed by atoms with Gasteiger partial charge >= 0.3 is 0 Å². The van der Waals surface area contributed by atoms with E-state index in [-0.39, 0.29) is 24.2 Å². The predicted octanol–water partition coefficient (Wildman–Crippen LogP) is 3.59. The molecule has 1 saturated carbocycles. The molecule has 24 heavy (non-hydrogen) atoms. The van der Waals surface area contributed by atoms with Crippen LogP contribution in [0.4, 0.5) is 4.39 Å². The highest BCUT2D eigenvalue weighted by Crippen LogP contribution is 2.48. The first-order valence-corrected chi connectivity index (χ1v) is 9.22. The van der Waals surface area contributed by atoms with Crippen molar-refractivity contribution in [3.8, 4) is 0 Å². The Morgan fingerprint density at radius 1 is 1.25 bits per heavy atom. The van der Waals surface area contributed by atoms with E-state index in [1.54, 1.807) is 23.5 Å². The highest BCUT2D eigenvalue weighted by Gasteiger charge is 2.51. The number of nitrogens with one attached hydrogen (secondary N) is 1. The molecule has 1 unspecified atom stereocenters. The largest absolute Gasteiger partial charge is 0.396 e. The van der Waals surface area contributed by atoms with Gasteiger partial charge in [-0.25, -0.2) is 4.39 Å². The van der Waals surface area contributed by atoms with Crippen molar-refractivity contribution in [1.29, 1.82) is 0 Å². The minimum absolute atomic E-state index is 0.0306. The number of aliphatic hydroxyl groups excluding tert-OH is 1. The SMILES string of the molecule is O=C(NCCC(CCO)c1cccs1)C1(c2ccc(F)cc2)CC1. The summed E-state index contributed by atoms with van der Waals surface area (Å²) in [4.78, 5) is 13.8. The molecule has 1 aromatic carbocycles. The van der Waals surface area contributed by atoms with Crippen molar-refractivity contribution >= 4 is 17.2 Å². The molecule has 1 atom stereocenters. The average molecular weight is 347 g/mol. The first kappa shape index (κ1) is 17.1. The van der Waals surface area contributed by atoms with Gasteiger partial charge in [-0.1, -0.05) is 18.2 Å². The van der Waals surface area contributed by atoms with Crippen LogP contribution in [0.5, 0.6) is 0 Å².